The zero-order valence-electron chi connectivity index (χ0n) is 10.9. The number of para-hydroxylation sites is 2. The van der Waals surface area contributed by atoms with Gasteiger partial charge in [0.2, 0.25) is 21.9 Å². The van der Waals surface area contributed by atoms with Crippen LogP contribution in [-0.2, 0) is 9.68 Å². The summed E-state index contributed by atoms with van der Waals surface area (Å²) in [5.41, 5.74) is 0.619. The van der Waals surface area contributed by atoms with Crippen molar-refractivity contribution in [2.75, 3.05) is 6.79 Å². The predicted octanol–water partition coefficient (Wildman–Crippen LogP) is 3.40. The van der Waals surface area contributed by atoms with Crippen molar-refractivity contribution in [1.82, 2.24) is 0 Å². The van der Waals surface area contributed by atoms with Gasteiger partial charge in [-0.15, -0.1) is 0 Å². The van der Waals surface area contributed by atoms with Crippen LogP contribution >= 0.6 is 0 Å². The summed E-state index contributed by atoms with van der Waals surface area (Å²) in [5, 5.41) is 29.3. The molecule has 0 atom stereocenters. The van der Waals surface area contributed by atoms with Gasteiger partial charge in [-0.05, 0) is 9.72 Å². The van der Waals surface area contributed by atoms with Crippen molar-refractivity contribution in [3.8, 4) is 0 Å². The molecule has 0 amide bonds. The Hall–Kier alpha value is -3.16. The molecule has 0 heterocycles. The minimum atomic E-state index is -0.461. The van der Waals surface area contributed by atoms with Gasteiger partial charge in [0.1, 0.15) is 0 Å². The maximum absolute atomic E-state index is 11.4. The molecule has 21 heavy (non-hydrogen) atoms. The highest BCUT2D eigenvalue weighted by Gasteiger charge is 2.03. The molecule has 0 saturated carbocycles. The summed E-state index contributed by atoms with van der Waals surface area (Å²) in [6, 6.07) is 16.6. The van der Waals surface area contributed by atoms with Gasteiger partial charge in [0.25, 0.3) is 6.79 Å². The van der Waals surface area contributed by atoms with Crippen LogP contribution in [0.4, 0.5) is 11.4 Å². The van der Waals surface area contributed by atoms with Crippen LogP contribution in [0.3, 0.4) is 0 Å². The SMILES string of the molecule is [O-]/[N+](=N\OCO/N=[N+](\[O-])c1ccccc1)c1ccccc1. The van der Waals surface area contributed by atoms with Gasteiger partial charge >= 0.3 is 0 Å². The van der Waals surface area contributed by atoms with E-state index in [2.05, 4.69) is 20.2 Å². The summed E-state index contributed by atoms with van der Waals surface area (Å²) >= 11 is 0. The van der Waals surface area contributed by atoms with Crippen LogP contribution in [0.2, 0.25) is 0 Å². The Morgan fingerprint density at radius 3 is 1.48 bits per heavy atom. The number of nitrogens with zero attached hydrogens (tertiary/aromatic N) is 4. The molecule has 2 aromatic carbocycles. The van der Waals surface area contributed by atoms with Gasteiger partial charge in [0.15, 0.2) is 0 Å². The van der Waals surface area contributed by atoms with Crippen LogP contribution in [0.25, 0.3) is 0 Å². The Morgan fingerprint density at radius 1 is 0.714 bits per heavy atom. The molecule has 0 aliphatic carbocycles. The molecular weight excluding hydrogens is 276 g/mol. The third kappa shape index (κ3) is 4.46. The molecule has 8 heteroatoms. The van der Waals surface area contributed by atoms with Gasteiger partial charge < -0.3 is 20.1 Å². The quantitative estimate of drug-likeness (QED) is 0.267. The second-order valence-electron chi connectivity index (χ2n) is 3.76. The van der Waals surface area contributed by atoms with Gasteiger partial charge in [-0.3, -0.25) is 0 Å². The van der Waals surface area contributed by atoms with Crippen molar-refractivity contribution in [3.63, 3.8) is 0 Å². The monoisotopic (exact) mass is 288 g/mol. The van der Waals surface area contributed by atoms with E-state index in [4.69, 9.17) is 0 Å². The Labute approximate surface area is 120 Å². The number of hydrogen-bond acceptors (Lipinski definition) is 6. The Balaban J connectivity index is 1.80. The molecular formula is C13H12N4O4. The molecule has 0 fully saturated rings. The summed E-state index contributed by atoms with van der Waals surface area (Å²) in [6.07, 6.45) is 0. The highest BCUT2D eigenvalue weighted by Crippen LogP contribution is 2.10. The van der Waals surface area contributed by atoms with Crippen LogP contribution in [-0.4, -0.2) is 16.5 Å². The summed E-state index contributed by atoms with van der Waals surface area (Å²) in [4.78, 5) is 9.76. The first-order chi connectivity index (χ1) is 10.3. The van der Waals surface area contributed by atoms with Crippen LogP contribution in [0.1, 0.15) is 0 Å². The highest BCUT2D eigenvalue weighted by molar-refractivity contribution is 5.28. The number of benzene rings is 2. The van der Waals surface area contributed by atoms with E-state index in [1.807, 2.05) is 0 Å². The van der Waals surface area contributed by atoms with E-state index in [0.29, 0.717) is 11.4 Å². The maximum Gasteiger partial charge on any atom is 0.292 e. The molecule has 2 rings (SSSR count). The fraction of sp³-hybridized carbons (Fsp3) is 0.0769. The largest absolute Gasteiger partial charge is 0.592 e. The smallest absolute Gasteiger partial charge is 0.292 e. The lowest BCUT2D eigenvalue weighted by Crippen LogP contribution is -1.98. The summed E-state index contributed by atoms with van der Waals surface area (Å²) in [5.74, 6) is 0. The predicted molar refractivity (Wildman–Crippen MR) is 71.4 cm³/mol. The average Bonchev–Trinajstić information content (AvgIpc) is 2.55. The van der Waals surface area contributed by atoms with Gasteiger partial charge in [-0.25, -0.2) is 0 Å². The van der Waals surface area contributed by atoms with Crippen LogP contribution in [0, 0.1) is 10.4 Å². The van der Waals surface area contributed by atoms with E-state index in [-0.39, 0.29) is 9.72 Å². The van der Waals surface area contributed by atoms with E-state index in [1.54, 1.807) is 60.7 Å². The maximum atomic E-state index is 11.4. The first-order valence-corrected chi connectivity index (χ1v) is 5.98. The van der Waals surface area contributed by atoms with E-state index >= 15 is 0 Å². The third-order valence-corrected chi connectivity index (χ3v) is 2.32. The van der Waals surface area contributed by atoms with Crippen molar-refractivity contribution in [2.45, 2.75) is 0 Å². The molecule has 0 aliphatic heterocycles. The lowest BCUT2D eigenvalue weighted by molar-refractivity contribution is -0.499. The Bertz CT molecular complexity index is 561. The first kappa shape index (κ1) is 14.3. The number of hydrogen-bond donors (Lipinski definition) is 0. The zero-order valence-corrected chi connectivity index (χ0v) is 10.9. The van der Waals surface area contributed by atoms with Crippen LogP contribution in [0.15, 0.2) is 71.2 Å². The molecule has 0 N–H and O–H groups in total. The minimum absolute atomic E-state index is 0.287. The first-order valence-electron chi connectivity index (χ1n) is 5.98. The second-order valence-corrected chi connectivity index (χ2v) is 3.76. The van der Waals surface area contributed by atoms with Gasteiger partial charge in [0.05, 0.1) is 0 Å². The van der Waals surface area contributed by atoms with Gasteiger partial charge in [-0.1, -0.05) is 36.4 Å². The zero-order chi connectivity index (χ0) is 14.9. The number of rotatable bonds is 6. The van der Waals surface area contributed by atoms with Crippen molar-refractivity contribution in [1.29, 1.82) is 0 Å². The molecule has 0 saturated heterocycles. The van der Waals surface area contributed by atoms with Crippen LogP contribution in [0.5, 0.6) is 0 Å². The normalized spacial score (nSPS) is 12.0. The lowest BCUT2D eigenvalue weighted by Gasteiger charge is -1.99. The summed E-state index contributed by atoms with van der Waals surface area (Å²) in [7, 11) is 0. The van der Waals surface area contributed by atoms with E-state index in [1.165, 1.54) is 0 Å². The second kappa shape index (κ2) is 7.43. The molecule has 0 spiro atoms. The van der Waals surface area contributed by atoms with Crippen molar-refractivity contribution >= 4 is 11.4 Å². The third-order valence-electron chi connectivity index (χ3n) is 2.32. The molecule has 0 aromatic heterocycles. The topological polar surface area (TPSA) is 95.3 Å². The highest BCUT2D eigenvalue weighted by atomic mass is 16.8. The fourth-order valence-corrected chi connectivity index (χ4v) is 1.38. The van der Waals surface area contributed by atoms with E-state index in [0.717, 1.165) is 0 Å². The molecule has 8 nitrogen and oxygen atoms in total. The standard InChI is InChI=1S/C13H12N4O4/c18-16(12-7-3-1-4-8-12)14-20-11-21-15-17(19)13-9-5-2-6-10-13/h1-10H,11H2/b16-14-,17-15-. The summed E-state index contributed by atoms with van der Waals surface area (Å²) in [6.45, 7) is -0.461. The molecule has 0 radical (unpaired) electrons. The van der Waals surface area contributed by atoms with Gasteiger partial charge in [-0.2, -0.15) is 0 Å². The van der Waals surface area contributed by atoms with Crippen LogP contribution < -0.4 is 0 Å². The molecule has 0 aliphatic rings. The van der Waals surface area contributed by atoms with Crippen molar-refractivity contribution in [3.05, 3.63) is 71.1 Å². The fourth-order valence-electron chi connectivity index (χ4n) is 1.38. The van der Waals surface area contributed by atoms with Gasteiger partial charge in [0, 0.05) is 24.3 Å². The molecule has 2 aromatic rings. The average molecular weight is 288 g/mol. The Morgan fingerprint density at radius 2 is 1.10 bits per heavy atom. The molecule has 108 valence electrons. The van der Waals surface area contributed by atoms with Crippen molar-refractivity contribution in [2.24, 2.45) is 10.6 Å². The molecule has 0 unspecified atom stereocenters. The summed E-state index contributed by atoms with van der Waals surface area (Å²) < 4.78 is 0. The molecule has 0 bridgehead atoms. The minimum Gasteiger partial charge on any atom is -0.592 e. The van der Waals surface area contributed by atoms with Crippen molar-refractivity contribution < 1.29 is 19.4 Å². The lowest BCUT2D eigenvalue weighted by atomic mass is 10.3. The van der Waals surface area contributed by atoms with E-state index in [9.17, 15) is 10.4 Å². The Kier molecular flexibility index (Phi) is 5.05. The van der Waals surface area contributed by atoms with E-state index < -0.39 is 6.79 Å².